The minimum Gasteiger partial charge on any atom is -0.455 e. The number of rotatable bonds is 3. The molecule has 10 rings (SSSR count). The molecule has 0 bridgehead atoms. The average molecular weight is 599 g/mol. The van der Waals surface area contributed by atoms with Crippen LogP contribution >= 0.6 is 0 Å². The Kier molecular flexibility index (Phi) is 5.57. The number of aromatic nitrogens is 2. The van der Waals surface area contributed by atoms with E-state index in [9.17, 15) is 0 Å². The first kappa shape index (κ1) is 26.0. The minimum atomic E-state index is 0.851. The summed E-state index contributed by atoms with van der Waals surface area (Å²) < 4.78 is 6.85. The molecule has 3 heteroatoms. The topological polar surface area (TPSA) is 38.9 Å². The molecular weight excluding hydrogens is 572 g/mol. The lowest BCUT2D eigenvalue weighted by molar-refractivity contribution is 0.671. The molecule has 0 spiro atoms. The number of hydrogen-bond donors (Lipinski definition) is 0. The van der Waals surface area contributed by atoms with Crippen molar-refractivity contribution in [2.75, 3.05) is 0 Å². The van der Waals surface area contributed by atoms with Crippen molar-refractivity contribution in [1.29, 1.82) is 0 Å². The molecule has 0 N–H and O–H groups in total. The predicted molar refractivity (Wildman–Crippen MR) is 196 cm³/mol. The Bertz CT molecular complexity index is 2800. The molecule has 10 aromatic rings. The van der Waals surface area contributed by atoms with Crippen molar-refractivity contribution in [2.45, 2.75) is 0 Å². The molecule has 47 heavy (non-hydrogen) atoms. The van der Waals surface area contributed by atoms with Crippen molar-refractivity contribution in [1.82, 2.24) is 9.97 Å². The maximum atomic E-state index is 6.85. The zero-order chi connectivity index (χ0) is 30.9. The molecule has 2 aromatic heterocycles. The third-order valence-electron chi connectivity index (χ3n) is 9.49. The number of benzene rings is 8. The molecule has 218 valence electrons. The molecule has 8 aromatic carbocycles. The Morgan fingerprint density at radius 1 is 0.404 bits per heavy atom. The number of fused-ring (bicyclic) bond motifs is 11. The van der Waals surface area contributed by atoms with Crippen molar-refractivity contribution < 1.29 is 4.42 Å². The first-order valence-electron chi connectivity index (χ1n) is 15.9. The van der Waals surface area contributed by atoms with Gasteiger partial charge in [-0.15, -0.1) is 0 Å². The van der Waals surface area contributed by atoms with Crippen molar-refractivity contribution >= 4 is 65.3 Å². The van der Waals surface area contributed by atoms with Crippen LogP contribution < -0.4 is 0 Å². The fourth-order valence-electron chi connectivity index (χ4n) is 7.29. The summed E-state index contributed by atoms with van der Waals surface area (Å²) in [6.07, 6.45) is 1.90. The molecule has 3 nitrogen and oxygen atoms in total. The van der Waals surface area contributed by atoms with Gasteiger partial charge in [-0.3, -0.25) is 4.98 Å². The van der Waals surface area contributed by atoms with E-state index in [0.29, 0.717) is 0 Å². The van der Waals surface area contributed by atoms with Gasteiger partial charge in [-0.1, -0.05) is 146 Å². The summed E-state index contributed by atoms with van der Waals surface area (Å²) in [7, 11) is 0. The van der Waals surface area contributed by atoms with E-state index < -0.39 is 0 Å². The van der Waals surface area contributed by atoms with E-state index in [4.69, 9.17) is 14.4 Å². The van der Waals surface area contributed by atoms with E-state index in [2.05, 4.69) is 146 Å². The van der Waals surface area contributed by atoms with Crippen molar-refractivity contribution in [3.63, 3.8) is 0 Å². The molecule has 2 heterocycles. The summed E-state index contributed by atoms with van der Waals surface area (Å²) >= 11 is 0. The van der Waals surface area contributed by atoms with E-state index in [0.717, 1.165) is 77.3 Å². The first-order valence-corrected chi connectivity index (χ1v) is 15.9. The van der Waals surface area contributed by atoms with Crippen LogP contribution in [-0.2, 0) is 0 Å². The highest BCUT2D eigenvalue weighted by atomic mass is 16.3. The summed E-state index contributed by atoms with van der Waals surface area (Å²) in [5.41, 5.74) is 9.94. The van der Waals surface area contributed by atoms with Crippen LogP contribution in [-0.4, -0.2) is 9.97 Å². The van der Waals surface area contributed by atoms with Gasteiger partial charge < -0.3 is 4.42 Å². The second-order valence-electron chi connectivity index (χ2n) is 12.1. The third kappa shape index (κ3) is 3.93. The summed E-state index contributed by atoms with van der Waals surface area (Å²) in [6.45, 7) is 0. The average Bonchev–Trinajstić information content (AvgIpc) is 3.55. The van der Waals surface area contributed by atoms with E-state index in [1.807, 2.05) is 12.3 Å². The molecule has 0 atom stereocenters. The molecule has 0 radical (unpaired) electrons. The van der Waals surface area contributed by atoms with Crippen LogP contribution in [0.1, 0.15) is 0 Å². The van der Waals surface area contributed by atoms with Gasteiger partial charge in [0.05, 0.1) is 22.9 Å². The molecule has 0 saturated carbocycles. The van der Waals surface area contributed by atoms with Crippen LogP contribution in [0.15, 0.2) is 162 Å². The van der Waals surface area contributed by atoms with Crippen LogP contribution in [0.25, 0.3) is 98.8 Å². The summed E-state index contributed by atoms with van der Waals surface area (Å²) in [5.74, 6) is 0. The van der Waals surface area contributed by atoms with Crippen LogP contribution in [0.2, 0.25) is 0 Å². The lowest BCUT2D eigenvalue weighted by Gasteiger charge is -2.11. The van der Waals surface area contributed by atoms with Gasteiger partial charge in [0, 0.05) is 38.2 Å². The highest BCUT2D eigenvalue weighted by molar-refractivity contribution is 6.24. The zero-order valence-electron chi connectivity index (χ0n) is 25.3. The SMILES string of the molecule is c1ccc(-c2cccc3c2oc2c(-c4ccc(-c5cnc6c7ccccc7c7ccccc7c6n5)cc4)cc4ccccc4c23)cc1. The lowest BCUT2D eigenvalue weighted by atomic mass is 9.95. The highest BCUT2D eigenvalue weighted by Gasteiger charge is 2.19. The maximum Gasteiger partial charge on any atom is 0.143 e. The maximum absolute atomic E-state index is 6.85. The molecule has 0 unspecified atom stereocenters. The fourth-order valence-corrected chi connectivity index (χ4v) is 7.29. The number of nitrogens with zero attached hydrogens (tertiary/aromatic N) is 2. The van der Waals surface area contributed by atoms with Gasteiger partial charge in [-0.2, -0.15) is 0 Å². The van der Waals surface area contributed by atoms with Crippen LogP contribution in [0.5, 0.6) is 0 Å². The largest absolute Gasteiger partial charge is 0.455 e. The Labute approximate surface area is 270 Å². The smallest absolute Gasteiger partial charge is 0.143 e. The standard InChI is InChI=1S/C44H26N2O/c1-2-11-27(12-3-1)32-19-10-20-37-40-31-14-5-4-13-30(31)25-38(44(40)47-43(32)37)28-21-23-29(24-22-28)39-26-45-41-35-17-8-6-15-33(35)34-16-7-9-18-36(34)42(41)46-39/h1-26H. The van der Waals surface area contributed by atoms with Gasteiger partial charge in [-0.05, 0) is 38.7 Å². The minimum absolute atomic E-state index is 0.851. The molecule has 0 aliphatic heterocycles. The van der Waals surface area contributed by atoms with Gasteiger partial charge >= 0.3 is 0 Å². The summed E-state index contributed by atoms with van der Waals surface area (Å²) in [4.78, 5) is 10.2. The van der Waals surface area contributed by atoms with Gasteiger partial charge in [0.2, 0.25) is 0 Å². The van der Waals surface area contributed by atoms with Gasteiger partial charge in [0.25, 0.3) is 0 Å². The monoisotopic (exact) mass is 598 g/mol. The van der Waals surface area contributed by atoms with Gasteiger partial charge in [0.15, 0.2) is 0 Å². The number of para-hydroxylation sites is 1. The van der Waals surface area contributed by atoms with Crippen molar-refractivity contribution in [3.05, 3.63) is 158 Å². The van der Waals surface area contributed by atoms with E-state index in [-0.39, 0.29) is 0 Å². The van der Waals surface area contributed by atoms with Crippen LogP contribution in [0, 0.1) is 0 Å². The second kappa shape index (κ2) is 10.1. The Morgan fingerprint density at radius 2 is 1.00 bits per heavy atom. The van der Waals surface area contributed by atoms with Crippen LogP contribution in [0.4, 0.5) is 0 Å². The quantitative estimate of drug-likeness (QED) is 0.190. The molecule has 0 aliphatic rings. The highest BCUT2D eigenvalue weighted by Crippen LogP contribution is 2.44. The fraction of sp³-hybridized carbons (Fsp3) is 0. The first-order chi connectivity index (χ1) is 23.3. The molecular formula is C44H26N2O. The van der Waals surface area contributed by atoms with Gasteiger partial charge in [0.1, 0.15) is 11.2 Å². The molecule has 0 saturated heterocycles. The van der Waals surface area contributed by atoms with E-state index >= 15 is 0 Å². The van der Waals surface area contributed by atoms with E-state index in [1.165, 1.54) is 21.5 Å². The molecule has 0 fully saturated rings. The summed E-state index contributed by atoms with van der Waals surface area (Å²) in [5, 5.41) is 9.29. The number of furan rings is 1. The molecule has 0 aliphatic carbocycles. The van der Waals surface area contributed by atoms with Gasteiger partial charge in [-0.25, -0.2) is 4.98 Å². The Hall–Kier alpha value is -6.32. The zero-order valence-corrected chi connectivity index (χ0v) is 25.3. The normalized spacial score (nSPS) is 11.8. The summed E-state index contributed by atoms with van der Waals surface area (Å²) in [6, 6.07) is 53.3. The Balaban J connectivity index is 1.15. The van der Waals surface area contributed by atoms with Crippen LogP contribution in [0.3, 0.4) is 0 Å². The van der Waals surface area contributed by atoms with Crippen molar-refractivity contribution in [2.24, 2.45) is 0 Å². The predicted octanol–water partition coefficient (Wildman–Crippen LogP) is 12.0. The molecule has 0 amide bonds. The van der Waals surface area contributed by atoms with Crippen molar-refractivity contribution in [3.8, 4) is 33.5 Å². The number of hydrogen-bond acceptors (Lipinski definition) is 3. The second-order valence-corrected chi connectivity index (χ2v) is 12.1. The third-order valence-corrected chi connectivity index (χ3v) is 9.49. The lowest BCUT2D eigenvalue weighted by Crippen LogP contribution is -1.92. The Morgan fingerprint density at radius 3 is 1.77 bits per heavy atom. The van der Waals surface area contributed by atoms with E-state index in [1.54, 1.807) is 0 Å².